The molecule has 0 aliphatic heterocycles. The predicted octanol–water partition coefficient (Wildman–Crippen LogP) is 15.0. The molecule has 280 valence electrons. The van der Waals surface area contributed by atoms with Crippen LogP contribution in [-0.4, -0.2) is 14.5 Å². The Labute approximate surface area is 346 Å². The third-order valence-corrected chi connectivity index (χ3v) is 11.8. The number of hydrogen-bond donors (Lipinski definition) is 0. The number of rotatable bonds is 6. The van der Waals surface area contributed by atoms with Gasteiger partial charge < -0.3 is 8.98 Å². The second kappa shape index (κ2) is 13.8. The van der Waals surface area contributed by atoms with Gasteiger partial charge in [0.15, 0.2) is 5.82 Å². The number of nitrogens with zero attached hydrogens (tertiary/aromatic N) is 3. The molecule has 0 saturated carbocycles. The molecule has 0 aliphatic rings. The van der Waals surface area contributed by atoms with Crippen LogP contribution in [0.3, 0.4) is 0 Å². The number of furan rings is 1. The van der Waals surface area contributed by atoms with Crippen molar-refractivity contribution in [3.63, 3.8) is 0 Å². The molecule has 0 fully saturated rings. The van der Waals surface area contributed by atoms with Crippen molar-refractivity contribution >= 4 is 54.5 Å². The Hall–Kier alpha value is -8.08. The van der Waals surface area contributed by atoms with E-state index in [2.05, 4.69) is 187 Å². The highest BCUT2D eigenvalue weighted by molar-refractivity contribution is 6.11. The number of benzene rings is 9. The molecular weight excluding hydrogens is 731 g/mol. The maximum absolute atomic E-state index is 6.08. The molecule has 0 bridgehead atoms. The quantitative estimate of drug-likeness (QED) is 0.169. The summed E-state index contributed by atoms with van der Waals surface area (Å²) < 4.78 is 8.47. The van der Waals surface area contributed by atoms with E-state index >= 15 is 0 Å². The van der Waals surface area contributed by atoms with Crippen molar-refractivity contribution in [3.05, 3.63) is 212 Å². The molecule has 12 aromatic rings. The highest BCUT2D eigenvalue weighted by atomic mass is 16.3. The zero-order valence-corrected chi connectivity index (χ0v) is 32.5. The standard InChI is InChI=1S/C56H35N3O/c1-2-11-41(12-3-1)56-57-50(35-51(58-56)40-24-20-38(21-25-40)44-28-31-55-49(34-44)47-15-7-9-17-54(47)60-55)39-22-18-37(19-23-39)43-27-30-53-48(33-43)46-14-6-8-16-52(46)59(53)45-29-26-36-10-4-5-13-42(36)32-45/h1-35H. The van der Waals surface area contributed by atoms with Gasteiger partial charge in [-0.25, -0.2) is 9.97 Å². The van der Waals surface area contributed by atoms with Gasteiger partial charge in [0.1, 0.15) is 11.2 Å². The maximum atomic E-state index is 6.08. The first-order chi connectivity index (χ1) is 29.7. The summed E-state index contributed by atoms with van der Waals surface area (Å²) in [5.41, 5.74) is 14.7. The van der Waals surface area contributed by atoms with Crippen molar-refractivity contribution in [1.82, 2.24) is 14.5 Å². The Morgan fingerprint density at radius 2 is 0.867 bits per heavy atom. The minimum atomic E-state index is 0.696. The van der Waals surface area contributed by atoms with E-state index in [0.29, 0.717) is 5.82 Å². The Morgan fingerprint density at radius 3 is 1.62 bits per heavy atom. The first kappa shape index (κ1) is 34.0. The Morgan fingerprint density at radius 1 is 0.317 bits per heavy atom. The van der Waals surface area contributed by atoms with Crippen molar-refractivity contribution in [2.45, 2.75) is 0 Å². The fourth-order valence-corrected chi connectivity index (χ4v) is 8.78. The monoisotopic (exact) mass is 765 g/mol. The average Bonchev–Trinajstić information content (AvgIpc) is 3.87. The minimum absolute atomic E-state index is 0.696. The maximum Gasteiger partial charge on any atom is 0.160 e. The Bertz CT molecular complexity index is 3580. The van der Waals surface area contributed by atoms with E-state index in [-0.39, 0.29) is 0 Å². The zero-order chi connectivity index (χ0) is 39.6. The van der Waals surface area contributed by atoms with Crippen LogP contribution in [0.2, 0.25) is 0 Å². The summed E-state index contributed by atoms with van der Waals surface area (Å²) in [7, 11) is 0. The lowest BCUT2D eigenvalue weighted by molar-refractivity contribution is 0.669. The van der Waals surface area contributed by atoms with Gasteiger partial charge >= 0.3 is 0 Å². The van der Waals surface area contributed by atoms with Gasteiger partial charge in [-0.3, -0.25) is 0 Å². The fraction of sp³-hybridized carbons (Fsp3) is 0. The van der Waals surface area contributed by atoms with Crippen molar-refractivity contribution < 1.29 is 4.42 Å². The molecule has 0 unspecified atom stereocenters. The molecule has 9 aromatic carbocycles. The van der Waals surface area contributed by atoms with Gasteiger partial charge in [-0.15, -0.1) is 0 Å². The van der Waals surface area contributed by atoms with Crippen LogP contribution in [0.15, 0.2) is 217 Å². The minimum Gasteiger partial charge on any atom is -0.456 e. The first-order valence-corrected chi connectivity index (χ1v) is 20.3. The average molecular weight is 766 g/mol. The summed E-state index contributed by atoms with van der Waals surface area (Å²) in [5.74, 6) is 0.696. The molecular formula is C56H35N3O. The molecule has 3 aromatic heterocycles. The second-order valence-electron chi connectivity index (χ2n) is 15.4. The lowest BCUT2D eigenvalue weighted by Crippen LogP contribution is -1.96. The van der Waals surface area contributed by atoms with Crippen LogP contribution in [0.25, 0.3) is 116 Å². The van der Waals surface area contributed by atoms with Gasteiger partial charge in [-0.1, -0.05) is 158 Å². The van der Waals surface area contributed by atoms with Crippen molar-refractivity contribution in [1.29, 1.82) is 0 Å². The first-order valence-electron chi connectivity index (χ1n) is 20.3. The lowest BCUT2D eigenvalue weighted by Gasteiger charge is -2.11. The van der Waals surface area contributed by atoms with Crippen LogP contribution in [-0.2, 0) is 0 Å². The molecule has 0 aliphatic carbocycles. The van der Waals surface area contributed by atoms with E-state index in [1.54, 1.807) is 0 Å². The molecule has 12 rings (SSSR count). The van der Waals surface area contributed by atoms with E-state index in [0.717, 1.165) is 72.4 Å². The van der Waals surface area contributed by atoms with E-state index in [1.165, 1.54) is 38.1 Å². The highest BCUT2D eigenvalue weighted by Crippen LogP contribution is 2.37. The van der Waals surface area contributed by atoms with Gasteiger partial charge in [0, 0.05) is 43.9 Å². The Balaban J connectivity index is 0.897. The highest BCUT2D eigenvalue weighted by Gasteiger charge is 2.16. The van der Waals surface area contributed by atoms with Crippen LogP contribution >= 0.6 is 0 Å². The summed E-state index contributed by atoms with van der Waals surface area (Å²) >= 11 is 0. The molecule has 0 saturated heterocycles. The van der Waals surface area contributed by atoms with E-state index in [4.69, 9.17) is 14.4 Å². The molecule has 3 heterocycles. The molecule has 60 heavy (non-hydrogen) atoms. The normalized spacial score (nSPS) is 11.7. The molecule has 0 radical (unpaired) electrons. The van der Waals surface area contributed by atoms with Gasteiger partial charge in [0.05, 0.1) is 22.4 Å². The van der Waals surface area contributed by atoms with Crippen LogP contribution < -0.4 is 0 Å². The smallest absolute Gasteiger partial charge is 0.160 e. The van der Waals surface area contributed by atoms with Crippen molar-refractivity contribution in [3.8, 4) is 61.8 Å². The topological polar surface area (TPSA) is 43.9 Å². The zero-order valence-electron chi connectivity index (χ0n) is 32.5. The van der Waals surface area contributed by atoms with Crippen LogP contribution in [0.5, 0.6) is 0 Å². The van der Waals surface area contributed by atoms with Crippen molar-refractivity contribution in [2.75, 3.05) is 0 Å². The molecule has 0 N–H and O–H groups in total. The van der Waals surface area contributed by atoms with Gasteiger partial charge in [-0.2, -0.15) is 0 Å². The summed E-state index contributed by atoms with van der Waals surface area (Å²) in [6.45, 7) is 0. The molecule has 0 atom stereocenters. The van der Waals surface area contributed by atoms with E-state index in [9.17, 15) is 0 Å². The lowest BCUT2D eigenvalue weighted by atomic mass is 9.99. The Kier molecular flexibility index (Phi) is 7.82. The molecule has 4 nitrogen and oxygen atoms in total. The predicted molar refractivity (Wildman–Crippen MR) is 248 cm³/mol. The summed E-state index contributed by atoms with van der Waals surface area (Å²) in [5, 5.41) is 7.19. The molecule has 4 heteroatoms. The van der Waals surface area contributed by atoms with Crippen molar-refractivity contribution in [2.24, 2.45) is 0 Å². The van der Waals surface area contributed by atoms with E-state index < -0.39 is 0 Å². The van der Waals surface area contributed by atoms with Crippen LogP contribution in [0.1, 0.15) is 0 Å². The number of para-hydroxylation sites is 2. The van der Waals surface area contributed by atoms with Crippen LogP contribution in [0, 0.1) is 0 Å². The van der Waals surface area contributed by atoms with Crippen LogP contribution in [0.4, 0.5) is 0 Å². The third kappa shape index (κ3) is 5.77. The summed E-state index contributed by atoms with van der Waals surface area (Å²) in [4.78, 5) is 10.2. The molecule has 0 amide bonds. The molecule has 0 spiro atoms. The van der Waals surface area contributed by atoms with Gasteiger partial charge in [0.25, 0.3) is 0 Å². The SMILES string of the molecule is c1ccc(-c2nc(-c3ccc(-c4ccc5oc6ccccc6c5c4)cc3)cc(-c3ccc(-c4ccc5c(c4)c4ccccc4n5-c4ccc5ccccc5c4)cc3)n2)cc1. The van der Waals surface area contributed by atoms with Gasteiger partial charge in [0.2, 0.25) is 0 Å². The third-order valence-electron chi connectivity index (χ3n) is 11.8. The number of fused-ring (bicyclic) bond motifs is 7. The largest absolute Gasteiger partial charge is 0.456 e. The van der Waals surface area contributed by atoms with Gasteiger partial charge in [-0.05, 0) is 87.6 Å². The summed E-state index contributed by atoms with van der Waals surface area (Å²) in [6.07, 6.45) is 0. The second-order valence-corrected chi connectivity index (χ2v) is 15.4. The fourth-order valence-electron chi connectivity index (χ4n) is 8.78. The number of aromatic nitrogens is 3. The number of hydrogen-bond acceptors (Lipinski definition) is 3. The summed E-state index contributed by atoms with van der Waals surface area (Å²) in [6, 6.07) is 75.2. The van der Waals surface area contributed by atoms with E-state index in [1.807, 2.05) is 30.3 Å².